The van der Waals surface area contributed by atoms with Crippen LogP contribution in [0.5, 0.6) is 0 Å². The highest BCUT2D eigenvalue weighted by Crippen LogP contribution is 2.16. The van der Waals surface area contributed by atoms with Gasteiger partial charge in [0.15, 0.2) is 0 Å². The van der Waals surface area contributed by atoms with Crippen LogP contribution >= 0.6 is 0 Å². The van der Waals surface area contributed by atoms with Gasteiger partial charge in [0.25, 0.3) is 0 Å². The summed E-state index contributed by atoms with van der Waals surface area (Å²) in [5.74, 6) is 1.82. The lowest BCUT2D eigenvalue weighted by Gasteiger charge is -2.21. The zero-order valence-electron chi connectivity index (χ0n) is 14.2. The Kier molecular flexibility index (Phi) is 4.99. The van der Waals surface area contributed by atoms with Crippen molar-refractivity contribution < 1.29 is 9.21 Å². The van der Waals surface area contributed by atoms with Gasteiger partial charge in [-0.05, 0) is 43.2 Å². The fraction of sp³-hybridized carbons (Fsp3) is 0.368. The third-order valence-corrected chi connectivity index (χ3v) is 4.08. The predicted molar refractivity (Wildman–Crippen MR) is 93.6 cm³/mol. The zero-order chi connectivity index (χ0) is 16.9. The number of aromatic nitrogens is 2. The average molecular weight is 325 g/mol. The molecule has 126 valence electrons. The van der Waals surface area contributed by atoms with E-state index in [1.54, 1.807) is 6.26 Å². The van der Waals surface area contributed by atoms with E-state index >= 15 is 0 Å². The van der Waals surface area contributed by atoms with Gasteiger partial charge in [0.2, 0.25) is 5.91 Å². The van der Waals surface area contributed by atoms with E-state index in [1.807, 2.05) is 42.2 Å². The first kappa shape index (κ1) is 16.3. The van der Waals surface area contributed by atoms with E-state index in [1.165, 1.54) is 0 Å². The lowest BCUT2D eigenvalue weighted by molar-refractivity contribution is -0.131. The van der Waals surface area contributed by atoms with Gasteiger partial charge in [0.1, 0.15) is 11.6 Å². The molecule has 1 amide bonds. The lowest BCUT2D eigenvalue weighted by Crippen LogP contribution is -2.32. The van der Waals surface area contributed by atoms with Crippen molar-refractivity contribution in [3.63, 3.8) is 0 Å². The van der Waals surface area contributed by atoms with Crippen molar-refractivity contribution in [2.45, 2.75) is 39.7 Å². The van der Waals surface area contributed by atoms with Crippen molar-refractivity contribution in [2.75, 3.05) is 6.54 Å². The molecular weight excluding hydrogens is 302 g/mol. The maximum atomic E-state index is 12.7. The van der Waals surface area contributed by atoms with Gasteiger partial charge in [-0.1, -0.05) is 19.4 Å². The van der Waals surface area contributed by atoms with Crippen molar-refractivity contribution in [1.29, 1.82) is 0 Å². The van der Waals surface area contributed by atoms with Gasteiger partial charge in [-0.15, -0.1) is 0 Å². The standard InChI is InChI=1S/C19H23N3O2/c1-3-4-9-22(13-16-6-5-10-24-16)19(23)12-15-7-8-17-18(11-15)21-14(2)20-17/h5-8,10-11H,3-4,9,12-13H2,1-2H3,(H,20,21). The number of amides is 1. The molecule has 1 N–H and O–H groups in total. The van der Waals surface area contributed by atoms with Crippen LogP contribution in [0.4, 0.5) is 0 Å². The summed E-state index contributed by atoms with van der Waals surface area (Å²) in [4.78, 5) is 22.2. The quantitative estimate of drug-likeness (QED) is 0.718. The Morgan fingerprint density at radius 3 is 2.96 bits per heavy atom. The average Bonchev–Trinajstić information content (AvgIpc) is 3.19. The van der Waals surface area contributed by atoms with Crippen LogP contribution in [0.15, 0.2) is 41.0 Å². The van der Waals surface area contributed by atoms with Crippen molar-refractivity contribution in [2.24, 2.45) is 0 Å². The van der Waals surface area contributed by atoms with Crippen molar-refractivity contribution >= 4 is 16.9 Å². The minimum absolute atomic E-state index is 0.121. The summed E-state index contributed by atoms with van der Waals surface area (Å²) in [7, 11) is 0. The summed E-state index contributed by atoms with van der Waals surface area (Å²) in [6.45, 7) is 5.34. The number of nitrogens with zero attached hydrogens (tertiary/aromatic N) is 2. The number of fused-ring (bicyclic) bond motifs is 1. The van der Waals surface area contributed by atoms with E-state index in [9.17, 15) is 4.79 Å². The van der Waals surface area contributed by atoms with Gasteiger partial charge in [-0.3, -0.25) is 4.79 Å². The number of carbonyl (C=O) groups excluding carboxylic acids is 1. The first-order valence-corrected chi connectivity index (χ1v) is 8.41. The molecule has 24 heavy (non-hydrogen) atoms. The third kappa shape index (κ3) is 3.85. The molecule has 0 spiro atoms. The normalized spacial score (nSPS) is 11.1. The highest BCUT2D eigenvalue weighted by molar-refractivity contribution is 5.81. The molecule has 2 aromatic heterocycles. The molecule has 2 heterocycles. The van der Waals surface area contributed by atoms with Crippen LogP contribution in [-0.2, 0) is 17.8 Å². The number of hydrogen-bond acceptors (Lipinski definition) is 3. The first-order chi connectivity index (χ1) is 11.7. The van der Waals surface area contributed by atoms with E-state index in [4.69, 9.17) is 4.42 Å². The Bertz CT molecular complexity index is 805. The Hall–Kier alpha value is -2.56. The van der Waals surface area contributed by atoms with Crippen LogP contribution in [-0.4, -0.2) is 27.3 Å². The van der Waals surface area contributed by atoms with Crippen LogP contribution in [0.1, 0.15) is 36.9 Å². The molecule has 0 radical (unpaired) electrons. The molecule has 5 nitrogen and oxygen atoms in total. The Morgan fingerprint density at radius 2 is 2.21 bits per heavy atom. The smallest absolute Gasteiger partial charge is 0.227 e. The van der Waals surface area contributed by atoms with Gasteiger partial charge in [0, 0.05) is 6.54 Å². The van der Waals surface area contributed by atoms with Gasteiger partial charge < -0.3 is 14.3 Å². The molecule has 0 aliphatic heterocycles. The number of furan rings is 1. The summed E-state index contributed by atoms with van der Waals surface area (Å²) in [6.07, 6.45) is 4.08. The van der Waals surface area contributed by atoms with Gasteiger partial charge in [-0.25, -0.2) is 4.98 Å². The minimum Gasteiger partial charge on any atom is -0.467 e. The predicted octanol–water partition coefficient (Wildman–Crippen LogP) is 3.84. The van der Waals surface area contributed by atoms with Crippen LogP contribution < -0.4 is 0 Å². The molecule has 3 aromatic rings. The molecular formula is C19H23N3O2. The second-order valence-electron chi connectivity index (χ2n) is 6.10. The molecule has 0 fully saturated rings. The highest BCUT2D eigenvalue weighted by Gasteiger charge is 2.16. The number of unbranched alkanes of at least 4 members (excludes halogenated alkanes) is 1. The van der Waals surface area contributed by atoms with E-state index < -0.39 is 0 Å². The lowest BCUT2D eigenvalue weighted by atomic mass is 10.1. The number of hydrogen-bond donors (Lipinski definition) is 1. The fourth-order valence-corrected chi connectivity index (χ4v) is 2.81. The number of rotatable bonds is 7. The molecule has 0 unspecified atom stereocenters. The van der Waals surface area contributed by atoms with E-state index in [0.717, 1.165) is 47.6 Å². The molecule has 3 rings (SSSR count). The molecule has 0 aliphatic rings. The number of nitrogens with one attached hydrogen (secondary N) is 1. The second kappa shape index (κ2) is 7.34. The Balaban J connectivity index is 1.72. The number of carbonyl (C=O) groups is 1. The summed E-state index contributed by atoms with van der Waals surface area (Å²) >= 11 is 0. The maximum absolute atomic E-state index is 12.7. The summed E-state index contributed by atoms with van der Waals surface area (Å²) < 4.78 is 5.40. The highest BCUT2D eigenvalue weighted by atomic mass is 16.3. The van der Waals surface area contributed by atoms with Crippen molar-refractivity contribution in [3.8, 4) is 0 Å². The molecule has 0 saturated carbocycles. The number of imidazole rings is 1. The fourth-order valence-electron chi connectivity index (χ4n) is 2.81. The van der Waals surface area contributed by atoms with Crippen molar-refractivity contribution in [1.82, 2.24) is 14.9 Å². The van der Waals surface area contributed by atoms with Crippen LogP contribution in [0, 0.1) is 6.92 Å². The molecule has 5 heteroatoms. The van der Waals surface area contributed by atoms with Crippen LogP contribution in [0.25, 0.3) is 11.0 Å². The largest absolute Gasteiger partial charge is 0.467 e. The zero-order valence-corrected chi connectivity index (χ0v) is 14.2. The summed E-state index contributed by atoms with van der Waals surface area (Å²) in [5.41, 5.74) is 2.91. The van der Waals surface area contributed by atoms with E-state index in [2.05, 4.69) is 16.9 Å². The van der Waals surface area contributed by atoms with E-state index in [-0.39, 0.29) is 5.91 Å². The van der Waals surface area contributed by atoms with Crippen LogP contribution in [0.2, 0.25) is 0 Å². The van der Waals surface area contributed by atoms with Gasteiger partial charge in [-0.2, -0.15) is 0 Å². The number of benzene rings is 1. The SMILES string of the molecule is CCCCN(Cc1ccco1)C(=O)Cc1ccc2nc(C)[nH]c2c1. The van der Waals surface area contributed by atoms with Gasteiger partial charge in [0.05, 0.1) is 30.3 Å². The minimum atomic E-state index is 0.121. The molecule has 0 bridgehead atoms. The molecule has 0 saturated heterocycles. The van der Waals surface area contributed by atoms with Gasteiger partial charge >= 0.3 is 0 Å². The Labute approximate surface area is 141 Å². The maximum Gasteiger partial charge on any atom is 0.227 e. The van der Waals surface area contributed by atoms with Crippen molar-refractivity contribution in [3.05, 3.63) is 53.7 Å². The molecule has 0 aliphatic carbocycles. The Morgan fingerprint density at radius 1 is 1.33 bits per heavy atom. The summed E-state index contributed by atoms with van der Waals surface area (Å²) in [5, 5.41) is 0. The van der Waals surface area contributed by atoms with Crippen LogP contribution in [0.3, 0.4) is 0 Å². The second-order valence-corrected chi connectivity index (χ2v) is 6.10. The molecule has 0 atom stereocenters. The summed E-state index contributed by atoms with van der Waals surface area (Å²) in [6, 6.07) is 9.71. The number of H-pyrrole nitrogens is 1. The van der Waals surface area contributed by atoms with E-state index in [0.29, 0.717) is 13.0 Å². The first-order valence-electron chi connectivity index (χ1n) is 8.41. The third-order valence-electron chi connectivity index (χ3n) is 4.08. The number of aromatic amines is 1. The molecule has 1 aromatic carbocycles. The number of aryl methyl sites for hydroxylation is 1. The monoisotopic (exact) mass is 325 g/mol. The topological polar surface area (TPSA) is 62.1 Å².